The molecule has 0 aliphatic carbocycles. The van der Waals surface area contributed by atoms with Crippen LogP contribution in [0.1, 0.15) is 22.3 Å². The molecule has 0 saturated heterocycles. The third kappa shape index (κ3) is 17.8. The molecule has 2 aromatic carbocycles. The van der Waals surface area contributed by atoms with Crippen molar-refractivity contribution in [3.63, 3.8) is 0 Å². The molecule has 0 unspecified atom stereocenters. The summed E-state index contributed by atoms with van der Waals surface area (Å²) in [6, 6.07) is 15.7. The Morgan fingerprint density at radius 3 is 1.37 bits per heavy atom. The first-order valence-electron chi connectivity index (χ1n) is 7.33. The monoisotopic (exact) mass is 468 g/mol. The highest BCUT2D eigenvalue weighted by molar-refractivity contribution is 8.31. The lowest BCUT2D eigenvalue weighted by Gasteiger charge is -1.93. The summed E-state index contributed by atoms with van der Waals surface area (Å²) in [6.45, 7) is 7.70. The lowest BCUT2D eigenvalue weighted by Crippen LogP contribution is -1.79. The Morgan fingerprint density at radius 1 is 0.741 bits per heavy atom. The molecule has 0 aromatic heterocycles. The predicted octanol–water partition coefficient (Wildman–Crippen LogP) is 5.88. The Bertz CT molecular complexity index is 941. The van der Waals surface area contributed by atoms with Gasteiger partial charge >= 0.3 is 8.26 Å². The van der Waals surface area contributed by atoms with Gasteiger partial charge in [-0.05, 0) is 31.1 Å². The summed E-state index contributed by atoms with van der Waals surface area (Å²) in [5, 5.41) is 0.971. The van der Waals surface area contributed by atoms with E-state index in [2.05, 4.69) is 59.1 Å². The zero-order valence-electron chi connectivity index (χ0n) is 14.6. The molecule has 0 aliphatic rings. The van der Waals surface area contributed by atoms with Gasteiger partial charge in [0.1, 0.15) is 0 Å². The summed E-state index contributed by atoms with van der Waals surface area (Å²) in [5.41, 5.74) is 4.42. The van der Waals surface area contributed by atoms with E-state index >= 15 is 0 Å². The fraction of sp³-hybridized carbons (Fsp3) is 0.111. The quantitative estimate of drug-likeness (QED) is 0.526. The molecule has 4 nitrogen and oxygen atoms in total. The van der Waals surface area contributed by atoms with Gasteiger partial charge in [-0.15, -0.1) is 0 Å². The van der Waals surface area contributed by atoms with Crippen LogP contribution in [0.5, 0.6) is 0 Å². The summed E-state index contributed by atoms with van der Waals surface area (Å²) in [5.74, 6) is 0. The van der Waals surface area contributed by atoms with Crippen LogP contribution in [0.2, 0.25) is 0 Å². The maximum atomic E-state index is 10.6. The molecule has 9 heteroatoms. The standard InChI is InChI=1S/C9H9ClO2S.C9H10.Cl2O2S/c1-8-2-4-9(5-3-8)6-7-13(10,11)12;1-3-9-6-4-8(2)5-7-9;1-5(2,3)4/h2-7H,1H3;3-7H,1H2,2H3;/b7-6+;;. The average Bonchev–Trinajstić information content (AvgIpc) is 2.53. The van der Waals surface area contributed by atoms with Crippen molar-refractivity contribution >= 4 is 61.5 Å². The van der Waals surface area contributed by atoms with Gasteiger partial charge in [-0.3, -0.25) is 0 Å². The van der Waals surface area contributed by atoms with Crippen molar-refractivity contribution in [2.45, 2.75) is 13.8 Å². The molecule has 0 spiro atoms. The number of aryl methyl sites for hydroxylation is 2. The Hall–Kier alpha value is -1.31. The topological polar surface area (TPSA) is 68.3 Å². The van der Waals surface area contributed by atoms with E-state index in [1.807, 2.05) is 37.3 Å². The molecule has 0 amide bonds. The van der Waals surface area contributed by atoms with Gasteiger partial charge in [-0.1, -0.05) is 72.3 Å². The van der Waals surface area contributed by atoms with Crippen molar-refractivity contribution in [3.8, 4) is 0 Å². The third-order valence-electron chi connectivity index (χ3n) is 2.81. The first-order chi connectivity index (χ1) is 12.3. The summed E-state index contributed by atoms with van der Waals surface area (Å²) in [4.78, 5) is 0. The summed E-state index contributed by atoms with van der Waals surface area (Å²) in [7, 11) is 6.27. The minimum Gasteiger partial charge on any atom is -0.208 e. The van der Waals surface area contributed by atoms with Crippen molar-refractivity contribution in [3.05, 3.63) is 82.8 Å². The zero-order chi connectivity index (χ0) is 21.1. The van der Waals surface area contributed by atoms with E-state index in [1.165, 1.54) is 17.2 Å². The van der Waals surface area contributed by atoms with Gasteiger partial charge in [0.2, 0.25) is 0 Å². The van der Waals surface area contributed by atoms with Crippen LogP contribution in [0.3, 0.4) is 0 Å². The Balaban J connectivity index is 0.000000419. The van der Waals surface area contributed by atoms with Crippen LogP contribution in [-0.2, 0) is 17.3 Å². The van der Waals surface area contributed by atoms with E-state index in [9.17, 15) is 8.42 Å². The van der Waals surface area contributed by atoms with E-state index in [0.717, 1.165) is 16.5 Å². The molecule has 0 radical (unpaired) electrons. The van der Waals surface area contributed by atoms with Gasteiger partial charge < -0.3 is 0 Å². The van der Waals surface area contributed by atoms with E-state index in [4.69, 9.17) is 19.1 Å². The largest absolute Gasteiger partial charge is 0.317 e. The molecule has 0 saturated carbocycles. The minimum absolute atomic E-state index is 0.815. The SMILES string of the molecule is C=Cc1ccc(C)cc1.Cc1ccc(/C=C/S(=O)(=O)Cl)cc1.O=S(=O)(Cl)Cl. The molecular weight excluding hydrogens is 451 g/mol. The van der Waals surface area contributed by atoms with Crippen molar-refractivity contribution < 1.29 is 16.8 Å². The van der Waals surface area contributed by atoms with Crippen molar-refractivity contribution in [1.82, 2.24) is 0 Å². The van der Waals surface area contributed by atoms with Gasteiger partial charge in [0, 0.05) is 37.5 Å². The van der Waals surface area contributed by atoms with Gasteiger partial charge in [0.15, 0.2) is 0 Å². The van der Waals surface area contributed by atoms with Crippen LogP contribution in [0.4, 0.5) is 0 Å². The Morgan fingerprint density at radius 2 is 1.07 bits per heavy atom. The van der Waals surface area contributed by atoms with Crippen LogP contribution >= 0.6 is 32.0 Å². The number of rotatable bonds is 3. The molecule has 2 rings (SSSR count). The number of hydrogen-bond acceptors (Lipinski definition) is 4. The minimum atomic E-state index is -3.72. The molecule has 0 fully saturated rings. The van der Waals surface area contributed by atoms with Gasteiger partial charge in [0.05, 0.1) is 0 Å². The zero-order valence-corrected chi connectivity index (χ0v) is 18.5. The maximum Gasteiger partial charge on any atom is 0.317 e. The second kappa shape index (κ2) is 12.2. The lowest BCUT2D eigenvalue weighted by molar-refractivity contribution is 0.617. The molecule has 0 N–H and O–H groups in total. The van der Waals surface area contributed by atoms with Gasteiger partial charge in [-0.2, -0.15) is 8.42 Å². The second-order valence-electron chi connectivity index (χ2n) is 5.18. The molecular formula is C18H19Cl3O4S2. The highest BCUT2D eigenvalue weighted by atomic mass is 36.0. The maximum absolute atomic E-state index is 10.6. The van der Waals surface area contributed by atoms with Crippen molar-refractivity contribution in [2.24, 2.45) is 0 Å². The fourth-order valence-electron chi connectivity index (χ4n) is 1.54. The van der Waals surface area contributed by atoms with E-state index in [1.54, 1.807) is 0 Å². The predicted molar refractivity (Wildman–Crippen MR) is 117 cm³/mol. The van der Waals surface area contributed by atoms with Gasteiger partial charge in [-0.25, -0.2) is 8.42 Å². The second-order valence-corrected chi connectivity index (χ2v) is 11.4. The number of hydrogen-bond donors (Lipinski definition) is 0. The smallest absolute Gasteiger partial charge is 0.208 e. The van der Waals surface area contributed by atoms with Crippen LogP contribution in [0.15, 0.2) is 60.5 Å². The molecule has 148 valence electrons. The van der Waals surface area contributed by atoms with Crippen molar-refractivity contribution in [1.29, 1.82) is 0 Å². The number of benzene rings is 2. The average molecular weight is 470 g/mol. The molecule has 0 aliphatic heterocycles. The molecule has 0 heterocycles. The van der Waals surface area contributed by atoms with E-state index in [-0.39, 0.29) is 0 Å². The summed E-state index contributed by atoms with van der Waals surface area (Å²) < 4.78 is 39.4. The first-order valence-corrected chi connectivity index (χ1v) is 12.8. The summed E-state index contributed by atoms with van der Waals surface area (Å²) in [6.07, 6.45) is 3.31. The lowest BCUT2D eigenvalue weighted by atomic mass is 10.2. The van der Waals surface area contributed by atoms with Crippen LogP contribution in [0, 0.1) is 13.8 Å². The van der Waals surface area contributed by atoms with Crippen LogP contribution in [0.25, 0.3) is 12.2 Å². The molecule has 27 heavy (non-hydrogen) atoms. The fourth-order valence-corrected chi connectivity index (χ4v) is 2.01. The highest BCUT2D eigenvalue weighted by Crippen LogP contribution is 2.08. The Labute approximate surface area is 174 Å². The summed E-state index contributed by atoms with van der Waals surface area (Å²) >= 11 is 0. The Kier molecular flexibility index (Phi) is 11.6. The molecule has 0 atom stereocenters. The van der Waals surface area contributed by atoms with E-state index in [0.29, 0.717) is 0 Å². The van der Waals surface area contributed by atoms with Gasteiger partial charge in [0.25, 0.3) is 9.05 Å². The molecule has 2 aromatic rings. The van der Waals surface area contributed by atoms with E-state index < -0.39 is 17.3 Å². The third-order valence-corrected chi connectivity index (χ3v) is 3.58. The molecule has 0 bridgehead atoms. The highest BCUT2D eigenvalue weighted by Gasteiger charge is 1.96. The number of halogens is 3. The first kappa shape index (κ1) is 25.7. The normalized spacial score (nSPS) is 11.0. The van der Waals surface area contributed by atoms with Crippen molar-refractivity contribution in [2.75, 3.05) is 0 Å². The van der Waals surface area contributed by atoms with Crippen LogP contribution in [-0.4, -0.2) is 16.8 Å². The van der Waals surface area contributed by atoms with Crippen LogP contribution < -0.4 is 0 Å².